The Bertz CT molecular complexity index is 859. The molecular formula is C23H25NO7. The molecular weight excluding hydrogens is 402 g/mol. The fraction of sp³-hybridized carbons (Fsp3) is 0.304. The normalized spacial score (nSPS) is 12.4. The van der Waals surface area contributed by atoms with E-state index >= 15 is 0 Å². The monoisotopic (exact) mass is 427 g/mol. The van der Waals surface area contributed by atoms with Gasteiger partial charge in [0.1, 0.15) is 6.04 Å². The van der Waals surface area contributed by atoms with E-state index in [1.54, 1.807) is 48.5 Å². The van der Waals surface area contributed by atoms with E-state index in [1.165, 1.54) is 0 Å². The van der Waals surface area contributed by atoms with Crippen molar-refractivity contribution in [3.8, 4) is 0 Å². The first-order valence-corrected chi connectivity index (χ1v) is 9.55. The number of esters is 3. The van der Waals surface area contributed by atoms with Crippen LogP contribution in [0, 0.1) is 5.92 Å². The standard InChI is InChI=1S/C23H25NO7/c1-29-18(25)14-17(22(27)30-2)20(23(28)31-3)24-21(26)19(15-10-6-4-7-11-15)16-12-8-5-9-13-16/h4-13,17,19-20H,14H2,1-3H3,(H,24,26)/t17-,20-/m1/s1. The highest BCUT2D eigenvalue weighted by atomic mass is 16.5. The van der Waals surface area contributed by atoms with Crippen molar-refractivity contribution in [2.75, 3.05) is 21.3 Å². The van der Waals surface area contributed by atoms with Gasteiger partial charge in [-0.2, -0.15) is 0 Å². The summed E-state index contributed by atoms with van der Waals surface area (Å²) >= 11 is 0. The Morgan fingerprint density at radius 2 is 1.23 bits per heavy atom. The molecule has 0 aliphatic heterocycles. The Hall–Kier alpha value is -3.68. The largest absolute Gasteiger partial charge is 0.469 e. The average molecular weight is 427 g/mol. The number of amides is 1. The number of benzene rings is 2. The molecule has 2 aromatic carbocycles. The van der Waals surface area contributed by atoms with E-state index in [4.69, 9.17) is 9.47 Å². The molecule has 0 aromatic heterocycles. The second-order valence-electron chi connectivity index (χ2n) is 6.67. The first-order chi connectivity index (χ1) is 14.9. The Morgan fingerprint density at radius 1 is 0.742 bits per heavy atom. The summed E-state index contributed by atoms with van der Waals surface area (Å²) in [5, 5.41) is 2.59. The molecule has 8 nitrogen and oxygen atoms in total. The molecule has 0 heterocycles. The van der Waals surface area contributed by atoms with Crippen molar-refractivity contribution in [3.63, 3.8) is 0 Å². The molecule has 31 heavy (non-hydrogen) atoms. The lowest BCUT2D eigenvalue weighted by Crippen LogP contribution is -2.51. The third kappa shape index (κ3) is 6.15. The second kappa shape index (κ2) is 11.5. The zero-order valence-electron chi connectivity index (χ0n) is 17.6. The number of ether oxygens (including phenoxy) is 3. The minimum absolute atomic E-state index is 0.468. The number of methoxy groups -OCH3 is 3. The fourth-order valence-electron chi connectivity index (χ4n) is 3.23. The maximum Gasteiger partial charge on any atom is 0.329 e. The minimum Gasteiger partial charge on any atom is -0.469 e. The van der Waals surface area contributed by atoms with Gasteiger partial charge < -0.3 is 19.5 Å². The van der Waals surface area contributed by atoms with Crippen LogP contribution in [0.4, 0.5) is 0 Å². The van der Waals surface area contributed by atoms with E-state index in [0.717, 1.165) is 21.3 Å². The molecule has 0 unspecified atom stereocenters. The summed E-state index contributed by atoms with van der Waals surface area (Å²) < 4.78 is 14.1. The molecule has 0 saturated heterocycles. The maximum atomic E-state index is 13.4. The van der Waals surface area contributed by atoms with E-state index in [0.29, 0.717) is 11.1 Å². The van der Waals surface area contributed by atoms with Crippen molar-refractivity contribution in [2.45, 2.75) is 18.4 Å². The molecule has 0 bridgehead atoms. The van der Waals surface area contributed by atoms with Crippen LogP contribution in [0.5, 0.6) is 0 Å². The van der Waals surface area contributed by atoms with Gasteiger partial charge in [0.25, 0.3) is 0 Å². The van der Waals surface area contributed by atoms with Crippen LogP contribution in [0.2, 0.25) is 0 Å². The van der Waals surface area contributed by atoms with E-state index in [9.17, 15) is 19.2 Å². The molecule has 0 aliphatic rings. The molecule has 1 N–H and O–H groups in total. The lowest BCUT2D eigenvalue weighted by molar-refractivity contribution is -0.159. The third-order valence-electron chi connectivity index (χ3n) is 4.80. The zero-order chi connectivity index (χ0) is 22.8. The highest BCUT2D eigenvalue weighted by molar-refractivity contribution is 5.94. The first-order valence-electron chi connectivity index (χ1n) is 9.55. The summed E-state index contributed by atoms with van der Waals surface area (Å²) in [5.41, 5.74) is 1.38. The van der Waals surface area contributed by atoms with Gasteiger partial charge in [0.15, 0.2) is 0 Å². The molecule has 2 aromatic rings. The predicted octanol–water partition coefficient (Wildman–Crippen LogP) is 1.83. The van der Waals surface area contributed by atoms with Crippen LogP contribution in [-0.4, -0.2) is 51.2 Å². The topological polar surface area (TPSA) is 108 Å². The number of hydrogen-bond acceptors (Lipinski definition) is 7. The Kier molecular flexibility index (Phi) is 8.75. The van der Waals surface area contributed by atoms with E-state index in [1.807, 2.05) is 12.1 Å². The minimum atomic E-state index is -1.45. The van der Waals surface area contributed by atoms with Gasteiger partial charge in [-0.05, 0) is 11.1 Å². The van der Waals surface area contributed by atoms with Gasteiger partial charge in [-0.25, -0.2) is 4.79 Å². The van der Waals surface area contributed by atoms with E-state index in [-0.39, 0.29) is 0 Å². The Morgan fingerprint density at radius 3 is 1.65 bits per heavy atom. The summed E-state index contributed by atoms with van der Waals surface area (Å²) in [6.45, 7) is 0. The SMILES string of the molecule is COC(=O)C[C@@H](C(=O)OC)[C@@H](NC(=O)C(c1ccccc1)c1ccccc1)C(=O)OC. The van der Waals surface area contributed by atoms with Gasteiger partial charge in [-0.1, -0.05) is 60.7 Å². The van der Waals surface area contributed by atoms with Gasteiger partial charge in [-0.15, -0.1) is 0 Å². The highest BCUT2D eigenvalue weighted by Gasteiger charge is 2.40. The van der Waals surface area contributed by atoms with Gasteiger partial charge >= 0.3 is 17.9 Å². The highest BCUT2D eigenvalue weighted by Crippen LogP contribution is 2.26. The van der Waals surface area contributed by atoms with Crippen molar-refractivity contribution in [1.82, 2.24) is 5.32 Å². The molecule has 2 atom stereocenters. The summed E-state index contributed by atoms with van der Waals surface area (Å²) in [4.78, 5) is 50.0. The molecule has 1 amide bonds. The molecule has 8 heteroatoms. The summed E-state index contributed by atoms with van der Waals surface area (Å²) in [5.74, 6) is -5.08. The van der Waals surface area contributed by atoms with E-state index in [2.05, 4.69) is 10.1 Å². The number of rotatable bonds is 9. The number of carbonyl (C=O) groups is 4. The van der Waals surface area contributed by atoms with Crippen LogP contribution < -0.4 is 5.32 Å². The van der Waals surface area contributed by atoms with Gasteiger partial charge in [-0.3, -0.25) is 14.4 Å². The van der Waals surface area contributed by atoms with Crippen molar-refractivity contribution >= 4 is 23.8 Å². The Balaban J connectivity index is 2.43. The van der Waals surface area contributed by atoms with Crippen LogP contribution >= 0.6 is 0 Å². The third-order valence-corrected chi connectivity index (χ3v) is 4.80. The summed E-state index contributed by atoms with van der Waals surface area (Å²) in [7, 11) is 3.41. The predicted molar refractivity (Wildman–Crippen MR) is 111 cm³/mol. The summed E-state index contributed by atoms with van der Waals surface area (Å²) in [6.07, 6.45) is -0.468. The molecule has 0 spiro atoms. The van der Waals surface area contributed by atoms with Crippen LogP contribution in [0.3, 0.4) is 0 Å². The maximum absolute atomic E-state index is 13.4. The lowest BCUT2D eigenvalue weighted by atomic mass is 9.89. The van der Waals surface area contributed by atoms with Crippen LogP contribution in [-0.2, 0) is 33.4 Å². The molecule has 0 radical (unpaired) electrons. The van der Waals surface area contributed by atoms with Crippen LogP contribution in [0.25, 0.3) is 0 Å². The van der Waals surface area contributed by atoms with Crippen molar-refractivity contribution in [2.24, 2.45) is 5.92 Å². The van der Waals surface area contributed by atoms with Crippen molar-refractivity contribution in [1.29, 1.82) is 0 Å². The first kappa shape index (κ1) is 23.6. The molecule has 0 saturated carbocycles. The lowest BCUT2D eigenvalue weighted by Gasteiger charge is -2.26. The molecule has 2 rings (SSSR count). The van der Waals surface area contributed by atoms with Gasteiger partial charge in [0.05, 0.1) is 39.6 Å². The van der Waals surface area contributed by atoms with Crippen molar-refractivity contribution in [3.05, 3.63) is 71.8 Å². The molecule has 0 fully saturated rings. The number of nitrogens with one attached hydrogen (secondary N) is 1. The number of carbonyl (C=O) groups excluding carboxylic acids is 4. The second-order valence-corrected chi connectivity index (χ2v) is 6.67. The van der Waals surface area contributed by atoms with Crippen LogP contribution in [0.15, 0.2) is 60.7 Å². The fourth-order valence-corrected chi connectivity index (χ4v) is 3.23. The summed E-state index contributed by atoms with van der Waals surface area (Å²) in [6, 6.07) is 16.5. The quantitative estimate of drug-likeness (QED) is 0.480. The average Bonchev–Trinajstić information content (AvgIpc) is 2.81. The smallest absolute Gasteiger partial charge is 0.329 e. The van der Waals surface area contributed by atoms with Gasteiger partial charge in [0, 0.05) is 0 Å². The van der Waals surface area contributed by atoms with E-state index < -0.39 is 48.1 Å². The molecule has 164 valence electrons. The Labute approximate surface area is 180 Å². The van der Waals surface area contributed by atoms with Crippen LogP contribution in [0.1, 0.15) is 23.5 Å². The van der Waals surface area contributed by atoms with Crippen molar-refractivity contribution < 1.29 is 33.4 Å². The molecule has 0 aliphatic carbocycles. The number of hydrogen-bond donors (Lipinski definition) is 1. The zero-order valence-corrected chi connectivity index (χ0v) is 17.6. The van der Waals surface area contributed by atoms with Gasteiger partial charge in [0.2, 0.25) is 5.91 Å².